The maximum absolute atomic E-state index is 5.53. The molecule has 3 heteroatoms. The first-order valence-corrected chi connectivity index (χ1v) is 6.90. The second-order valence-corrected chi connectivity index (χ2v) is 5.10. The van der Waals surface area contributed by atoms with Gasteiger partial charge in [0, 0.05) is 25.7 Å². The summed E-state index contributed by atoms with van der Waals surface area (Å²) in [4.78, 5) is 2.48. The van der Waals surface area contributed by atoms with Gasteiger partial charge in [-0.2, -0.15) is 0 Å². The van der Waals surface area contributed by atoms with Crippen LogP contribution in [0.15, 0.2) is 53.1 Å². The van der Waals surface area contributed by atoms with Crippen LogP contribution < -0.4 is 5.32 Å². The van der Waals surface area contributed by atoms with E-state index in [0.29, 0.717) is 12.1 Å². The van der Waals surface area contributed by atoms with Crippen molar-refractivity contribution in [2.45, 2.75) is 19.0 Å². The smallest absolute Gasteiger partial charge is 0.120 e. The van der Waals surface area contributed by atoms with E-state index >= 15 is 0 Å². The predicted octanol–water partition coefficient (Wildman–Crippen LogP) is 2.99. The summed E-state index contributed by atoms with van der Waals surface area (Å²) in [6.45, 7) is 5.31. The minimum absolute atomic E-state index is 0.336. The van der Waals surface area contributed by atoms with Crippen LogP contribution in [0.2, 0.25) is 0 Å². The fourth-order valence-electron chi connectivity index (χ4n) is 2.74. The number of furan rings is 1. The largest absolute Gasteiger partial charge is 0.468 e. The van der Waals surface area contributed by atoms with Gasteiger partial charge in [-0.3, -0.25) is 4.90 Å². The molecule has 0 radical (unpaired) electrons. The molecule has 1 fully saturated rings. The molecular weight excluding hydrogens is 236 g/mol. The van der Waals surface area contributed by atoms with Gasteiger partial charge in [0.2, 0.25) is 0 Å². The van der Waals surface area contributed by atoms with Crippen LogP contribution in [0.3, 0.4) is 0 Å². The molecule has 0 amide bonds. The van der Waals surface area contributed by atoms with Crippen LogP contribution in [-0.2, 0) is 0 Å². The lowest BCUT2D eigenvalue weighted by molar-refractivity contribution is 0.138. The van der Waals surface area contributed by atoms with Gasteiger partial charge in [-0.25, -0.2) is 0 Å². The maximum Gasteiger partial charge on any atom is 0.120 e. The molecule has 100 valence electrons. The van der Waals surface area contributed by atoms with Crippen LogP contribution in [-0.4, -0.2) is 24.5 Å². The molecule has 0 aliphatic carbocycles. The zero-order chi connectivity index (χ0) is 13.1. The van der Waals surface area contributed by atoms with Gasteiger partial charge >= 0.3 is 0 Å². The molecule has 3 rings (SSSR count). The molecule has 1 aliphatic rings. The average molecular weight is 256 g/mol. The fourth-order valence-corrected chi connectivity index (χ4v) is 2.74. The molecule has 2 atom stereocenters. The Balaban J connectivity index is 1.71. The van der Waals surface area contributed by atoms with Crippen molar-refractivity contribution >= 4 is 0 Å². The molecule has 0 bridgehead atoms. The fraction of sp³-hybridized carbons (Fsp3) is 0.375. The van der Waals surface area contributed by atoms with Crippen molar-refractivity contribution in [1.29, 1.82) is 0 Å². The second-order valence-electron chi connectivity index (χ2n) is 5.10. The monoisotopic (exact) mass is 256 g/mol. The Hall–Kier alpha value is -1.58. The lowest BCUT2D eigenvalue weighted by Gasteiger charge is -2.37. The Morgan fingerprint density at radius 1 is 1.21 bits per heavy atom. The lowest BCUT2D eigenvalue weighted by Crippen LogP contribution is -2.46. The minimum atomic E-state index is 0.336. The SMILES string of the molecule is CC(c1ccco1)N1CCNC(c2ccccc2)C1. The normalized spacial score (nSPS) is 22.3. The summed E-state index contributed by atoms with van der Waals surface area (Å²) in [6, 6.07) is 15.4. The highest BCUT2D eigenvalue weighted by atomic mass is 16.3. The van der Waals surface area contributed by atoms with Gasteiger partial charge in [0.05, 0.1) is 12.3 Å². The third-order valence-corrected chi connectivity index (χ3v) is 3.91. The summed E-state index contributed by atoms with van der Waals surface area (Å²) in [5.74, 6) is 1.05. The Bertz CT molecular complexity index is 495. The van der Waals surface area contributed by atoms with E-state index in [1.54, 1.807) is 6.26 Å². The Labute approximate surface area is 114 Å². The first-order valence-electron chi connectivity index (χ1n) is 6.90. The van der Waals surface area contributed by atoms with E-state index in [1.165, 1.54) is 5.56 Å². The highest BCUT2D eigenvalue weighted by Crippen LogP contribution is 2.25. The molecule has 1 N–H and O–H groups in total. The molecule has 1 aromatic carbocycles. The zero-order valence-corrected chi connectivity index (χ0v) is 11.3. The topological polar surface area (TPSA) is 28.4 Å². The highest BCUT2D eigenvalue weighted by molar-refractivity contribution is 5.20. The van der Waals surface area contributed by atoms with Crippen LogP contribution in [0.5, 0.6) is 0 Å². The van der Waals surface area contributed by atoms with Crippen LogP contribution in [0, 0.1) is 0 Å². The number of nitrogens with zero attached hydrogens (tertiary/aromatic N) is 1. The van der Waals surface area contributed by atoms with Crippen LogP contribution in [0.25, 0.3) is 0 Å². The summed E-state index contributed by atoms with van der Waals surface area (Å²) >= 11 is 0. The number of piperazine rings is 1. The van der Waals surface area contributed by atoms with Crippen LogP contribution >= 0.6 is 0 Å². The van der Waals surface area contributed by atoms with Gasteiger partial charge in [-0.15, -0.1) is 0 Å². The van der Waals surface area contributed by atoms with Gasteiger partial charge in [0.1, 0.15) is 5.76 Å². The van der Waals surface area contributed by atoms with Gasteiger partial charge in [-0.05, 0) is 24.6 Å². The van der Waals surface area contributed by atoms with E-state index in [2.05, 4.69) is 53.5 Å². The Morgan fingerprint density at radius 3 is 2.79 bits per heavy atom. The van der Waals surface area contributed by atoms with Crippen molar-refractivity contribution in [2.24, 2.45) is 0 Å². The molecule has 0 spiro atoms. The molecule has 1 aliphatic heterocycles. The van der Waals surface area contributed by atoms with Crippen molar-refractivity contribution in [3.8, 4) is 0 Å². The van der Waals surface area contributed by atoms with E-state index in [9.17, 15) is 0 Å². The summed E-state index contributed by atoms with van der Waals surface area (Å²) < 4.78 is 5.53. The lowest BCUT2D eigenvalue weighted by atomic mass is 10.0. The molecule has 3 nitrogen and oxygen atoms in total. The summed E-state index contributed by atoms with van der Waals surface area (Å²) in [5, 5.41) is 3.59. The molecule has 1 aromatic heterocycles. The molecule has 1 saturated heterocycles. The first-order chi connectivity index (χ1) is 9.34. The van der Waals surface area contributed by atoms with Crippen molar-refractivity contribution in [3.63, 3.8) is 0 Å². The third-order valence-electron chi connectivity index (χ3n) is 3.91. The molecule has 2 heterocycles. The maximum atomic E-state index is 5.53. The Kier molecular flexibility index (Phi) is 3.67. The van der Waals surface area contributed by atoms with E-state index in [-0.39, 0.29) is 0 Å². The first kappa shape index (κ1) is 12.5. The van der Waals surface area contributed by atoms with Gasteiger partial charge in [0.25, 0.3) is 0 Å². The van der Waals surface area contributed by atoms with Crippen LogP contribution in [0.4, 0.5) is 0 Å². The van der Waals surface area contributed by atoms with Crippen molar-refractivity contribution < 1.29 is 4.42 Å². The summed E-state index contributed by atoms with van der Waals surface area (Å²) in [7, 11) is 0. The molecule has 19 heavy (non-hydrogen) atoms. The number of nitrogens with one attached hydrogen (secondary N) is 1. The summed E-state index contributed by atoms with van der Waals surface area (Å²) in [6.07, 6.45) is 1.75. The zero-order valence-electron chi connectivity index (χ0n) is 11.3. The highest BCUT2D eigenvalue weighted by Gasteiger charge is 2.25. The van der Waals surface area contributed by atoms with Crippen molar-refractivity contribution in [3.05, 3.63) is 60.1 Å². The average Bonchev–Trinajstić information content (AvgIpc) is 3.02. The third kappa shape index (κ3) is 2.72. The molecule has 2 aromatic rings. The Morgan fingerprint density at radius 2 is 2.05 bits per heavy atom. The standard InChI is InChI=1S/C16H20N2O/c1-13(16-8-5-11-19-16)18-10-9-17-15(12-18)14-6-3-2-4-7-14/h2-8,11,13,15,17H,9-10,12H2,1H3. The number of hydrogen-bond donors (Lipinski definition) is 1. The van der Waals surface area contributed by atoms with Gasteiger partial charge in [-0.1, -0.05) is 30.3 Å². The number of benzene rings is 1. The van der Waals surface area contributed by atoms with Gasteiger partial charge in [0.15, 0.2) is 0 Å². The molecule has 0 saturated carbocycles. The summed E-state index contributed by atoms with van der Waals surface area (Å²) in [5.41, 5.74) is 1.36. The van der Waals surface area contributed by atoms with E-state index in [0.717, 1.165) is 25.4 Å². The van der Waals surface area contributed by atoms with Crippen molar-refractivity contribution in [2.75, 3.05) is 19.6 Å². The van der Waals surface area contributed by atoms with Crippen LogP contribution in [0.1, 0.15) is 30.3 Å². The predicted molar refractivity (Wildman–Crippen MR) is 75.9 cm³/mol. The minimum Gasteiger partial charge on any atom is -0.468 e. The van der Waals surface area contributed by atoms with E-state index in [1.807, 2.05) is 6.07 Å². The quantitative estimate of drug-likeness (QED) is 0.915. The van der Waals surface area contributed by atoms with E-state index < -0.39 is 0 Å². The number of rotatable bonds is 3. The molecule has 2 unspecified atom stereocenters. The number of hydrogen-bond acceptors (Lipinski definition) is 3. The van der Waals surface area contributed by atoms with Crippen molar-refractivity contribution in [1.82, 2.24) is 10.2 Å². The molecular formula is C16H20N2O. The second kappa shape index (κ2) is 5.59. The van der Waals surface area contributed by atoms with Gasteiger partial charge < -0.3 is 9.73 Å². The van der Waals surface area contributed by atoms with E-state index in [4.69, 9.17) is 4.42 Å².